The Kier molecular flexibility index (Phi) is 7.03. The Morgan fingerprint density at radius 2 is 1.44 bits per heavy atom. The molecule has 5 aliphatic rings. The van der Waals surface area contributed by atoms with Gasteiger partial charge in [-0.3, -0.25) is 4.79 Å². The standard InChI is InChI=1S/C29H46O3/c1-3-31-28(30)26-20(2)23-16-10-11-17-24(23)27-25(26)18-19-29(32-27,21-12-6-4-7-13-21)22-14-8-5-9-15-22/h18-27H,3-17H2,1-2H3. The molecule has 1 aliphatic heterocycles. The van der Waals surface area contributed by atoms with E-state index in [0.29, 0.717) is 36.2 Å². The largest absolute Gasteiger partial charge is 0.466 e. The lowest BCUT2D eigenvalue weighted by atomic mass is 9.55. The van der Waals surface area contributed by atoms with Gasteiger partial charge in [0.2, 0.25) is 0 Å². The van der Waals surface area contributed by atoms with E-state index in [-0.39, 0.29) is 29.5 Å². The van der Waals surface area contributed by atoms with Crippen molar-refractivity contribution in [3.05, 3.63) is 12.2 Å². The zero-order valence-electron chi connectivity index (χ0n) is 20.6. The van der Waals surface area contributed by atoms with Crippen LogP contribution in [0.5, 0.6) is 0 Å². The third-order valence-electron chi connectivity index (χ3n) is 10.3. The van der Waals surface area contributed by atoms with Crippen molar-refractivity contribution in [1.29, 1.82) is 0 Å². The van der Waals surface area contributed by atoms with Crippen LogP contribution in [-0.2, 0) is 14.3 Å². The number of ether oxygens (including phenoxy) is 2. The molecule has 0 aromatic heterocycles. The van der Waals surface area contributed by atoms with E-state index >= 15 is 0 Å². The zero-order chi connectivity index (χ0) is 22.1. The third-order valence-corrected chi connectivity index (χ3v) is 10.3. The summed E-state index contributed by atoms with van der Waals surface area (Å²) in [4.78, 5) is 13.2. The molecule has 0 aromatic carbocycles. The fourth-order valence-electron chi connectivity index (χ4n) is 8.80. The van der Waals surface area contributed by atoms with Gasteiger partial charge in [-0.1, -0.05) is 70.4 Å². The van der Waals surface area contributed by atoms with E-state index in [2.05, 4.69) is 19.1 Å². The zero-order valence-corrected chi connectivity index (χ0v) is 20.6. The van der Waals surface area contributed by atoms with Crippen molar-refractivity contribution in [3.8, 4) is 0 Å². The molecular weight excluding hydrogens is 396 g/mol. The lowest BCUT2D eigenvalue weighted by Gasteiger charge is -2.58. The number of hydrogen-bond donors (Lipinski definition) is 0. The monoisotopic (exact) mass is 442 g/mol. The molecule has 0 N–H and O–H groups in total. The van der Waals surface area contributed by atoms with Gasteiger partial charge in [0.05, 0.1) is 24.2 Å². The normalized spacial score (nSPS) is 40.3. The molecule has 5 rings (SSSR count). The molecule has 180 valence electrons. The summed E-state index contributed by atoms with van der Waals surface area (Å²) in [5.74, 6) is 3.14. The van der Waals surface area contributed by atoms with Crippen LogP contribution >= 0.6 is 0 Å². The van der Waals surface area contributed by atoms with Gasteiger partial charge in [-0.15, -0.1) is 0 Å². The van der Waals surface area contributed by atoms with E-state index in [9.17, 15) is 4.79 Å². The molecule has 32 heavy (non-hydrogen) atoms. The molecule has 6 unspecified atom stereocenters. The lowest BCUT2D eigenvalue weighted by molar-refractivity contribution is -0.218. The SMILES string of the molecule is CCOC(=O)C1C(C)C2CCCCC2C2OC(C3CCCCC3)(C3CCCCC3)C=CC21. The first-order valence-electron chi connectivity index (χ1n) is 14.2. The number of hydrogen-bond acceptors (Lipinski definition) is 3. The van der Waals surface area contributed by atoms with Crippen molar-refractivity contribution in [3.63, 3.8) is 0 Å². The van der Waals surface area contributed by atoms with Crippen LogP contribution in [0.2, 0.25) is 0 Å². The third kappa shape index (κ3) is 3.99. The van der Waals surface area contributed by atoms with Crippen molar-refractivity contribution >= 4 is 5.97 Å². The molecule has 0 spiro atoms. The number of rotatable bonds is 4. The molecule has 4 aliphatic carbocycles. The van der Waals surface area contributed by atoms with E-state index in [1.165, 1.54) is 89.9 Å². The minimum absolute atomic E-state index is 0.0232. The summed E-state index contributed by atoms with van der Waals surface area (Å²) < 4.78 is 13.2. The van der Waals surface area contributed by atoms with Gasteiger partial charge < -0.3 is 9.47 Å². The molecule has 0 saturated heterocycles. The van der Waals surface area contributed by atoms with E-state index in [4.69, 9.17) is 9.47 Å². The molecule has 0 radical (unpaired) electrons. The quantitative estimate of drug-likeness (QED) is 0.344. The summed E-state index contributed by atoms with van der Waals surface area (Å²) in [5, 5.41) is 0. The van der Waals surface area contributed by atoms with Crippen LogP contribution < -0.4 is 0 Å². The maximum absolute atomic E-state index is 13.2. The molecule has 4 saturated carbocycles. The Morgan fingerprint density at radius 1 is 0.875 bits per heavy atom. The first-order chi connectivity index (χ1) is 15.7. The average molecular weight is 443 g/mol. The van der Waals surface area contributed by atoms with Crippen LogP contribution in [0.1, 0.15) is 104 Å². The van der Waals surface area contributed by atoms with Gasteiger partial charge in [0, 0.05) is 5.92 Å². The summed E-state index contributed by atoms with van der Waals surface area (Å²) in [6.07, 6.45) is 23.9. The number of carbonyl (C=O) groups is 1. The molecule has 0 aromatic rings. The van der Waals surface area contributed by atoms with Crippen molar-refractivity contribution in [2.75, 3.05) is 6.61 Å². The van der Waals surface area contributed by atoms with E-state index in [1.54, 1.807) is 0 Å². The summed E-state index contributed by atoms with van der Waals surface area (Å²) in [6, 6.07) is 0. The number of esters is 1. The van der Waals surface area contributed by atoms with Crippen LogP contribution in [0.3, 0.4) is 0 Å². The summed E-state index contributed by atoms with van der Waals surface area (Å²) in [7, 11) is 0. The second kappa shape index (κ2) is 9.80. The lowest BCUT2D eigenvalue weighted by Crippen LogP contribution is -2.60. The van der Waals surface area contributed by atoms with E-state index < -0.39 is 0 Å². The molecule has 3 heteroatoms. The van der Waals surface area contributed by atoms with Crippen LogP contribution in [0, 0.1) is 41.4 Å². The van der Waals surface area contributed by atoms with Crippen LogP contribution in [0.4, 0.5) is 0 Å². The average Bonchev–Trinajstić information content (AvgIpc) is 2.85. The first kappa shape index (κ1) is 22.9. The Bertz CT molecular complexity index is 654. The predicted octanol–water partition coefficient (Wildman–Crippen LogP) is 7.09. The van der Waals surface area contributed by atoms with Crippen molar-refractivity contribution in [1.82, 2.24) is 0 Å². The van der Waals surface area contributed by atoms with E-state index in [1.807, 2.05) is 6.92 Å². The Labute approximate surface area is 196 Å². The van der Waals surface area contributed by atoms with Gasteiger partial charge in [0.15, 0.2) is 0 Å². The highest BCUT2D eigenvalue weighted by Crippen LogP contribution is 2.57. The van der Waals surface area contributed by atoms with Crippen LogP contribution in [-0.4, -0.2) is 24.3 Å². The second-order valence-corrected chi connectivity index (χ2v) is 11.8. The van der Waals surface area contributed by atoms with E-state index in [0.717, 1.165) is 0 Å². The highest BCUT2D eigenvalue weighted by Gasteiger charge is 2.58. The Hall–Kier alpha value is -0.830. The summed E-state index contributed by atoms with van der Waals surface area (Å²) in [6.45, 7) is 4.75. The first-order valence-corrected chi connectivity index (χ1v) is 14.2. The summed E-state index contributed by atoms with van der Waals surface area (Å²) >= 11 is 0. The van der Waals surface area contributed by atoms with Gasteiger partial charge in [-0.05, 0) is 75.0 Å². The van der Waals surface area contributed by atoms with Gasteiger partial charge >= 0.3 is 5.97 Å². The fraction of sp³-hybridized carbons (Fsp3) is 0.897. The fourth-order valence-corrected chi connectivity index (χ4v) is 8.80. The maximum atomic E-state index is 13.2. The Balaban J connectivity index is 1.52. The number of fused-ring (bicyclic) bond motifs is 3. The van der Waals surface area contributed by atoms with Crippen LogP contribution in [0.25, 0.3) is 0 Å². The molecule has 0 bridgehead atoms. The van der Waals surface area contributed by atoms with Gasteiger partial charge in [0.1, 0.15) is 0 Å². The maximum Gasteiger partial charge on any atom is 0.309 e. The molecule has 6 atom stereocenters. The minimum atomic E-state index is -0.0796. The van der Waals surface area contributed by atoms with Crippen molar-refractivity contribution < 1.29 is 14.3 Å². The second-order valence-electron chi connectivity index (χ2n) is 11.8. The molecule has 3 nitrogen and oxygen atoms in total. The number of carbonyl (C=O) groups excluding carboxylic acids is 1. The highest BCUT2D eigenvalue weighted by molar-refractivity contribution is 5.74. The van der Waals surface area contributed by atoms with Crippen molar-refractivity contribution in [2.45, 2.75) is 115 Å². The minimum Gasteiger partial charge on any atom is -0.466 e. The highest BCUT2D eigenvalue weighted by atomic mass is 16.5. The molecular formula is C29H46O3. The van der Waals surface area contributed by atoms with Crippen LogP contribution in [0.15, 0.2) is 12.2 Å². The summed E-state index contributed by atoms with van der Waals surface area (Å²) in [5.41, 5.74) is -0.0796. The van der Waals surface area contributed by atoms with Crippen molar-refractivity contribution in [2.24, 2.45) is 41.4 Å². The molecule has 1 heterocycles. The molecule has 4 fully saturated rings. The van der Waals surface area contributed by atoms with Gasteiger partial charge in [0.25, 0.3) is 0 Å². The van der Waals surface area contributed by atoms with Gasteiger partial charge in [-0.25, -0.2) is 0 Å². The molecule has 0 amide bonds. The Morgan fingerprint density at radius 3 is 2.03 bits per heavy atom. The topological polar surface area (TPSA) is 35.5 Å². The smallest absolute Gasteiger partial charge is 0.309 e. The van der Waals surface area contributed by atoms with Gasteiger partial charge in [-0.2, -0.15) is 0 Å². The predicted molar refractivity (Wildman–Crippen MR) is 128 cm³/mol.